The highest BCUT2D eigenvalue weighted by Gasteiger charge is 2.41. The second-order valence-electron chi connectivity index (χ2n) is 6.34. The first-order chi connectivity index (χ1) is 8.79. The third-order valence-electron chi connectivity index (χ3n) is 5.20. The number of nitrogens with two attached hydrogens (primary N) is 1. The predicted molar refractivity (Wildman–Crippen MR) is 71.6 cm³/mol. The number of aryl methyl sites for hydroxylation is 1. The van der Waals surface area contributed by atoms with E-state index < -0.39 is 0 Å². The molecule has 0 spiro atoms. The minimum absolute atomic E-state index is 0.247. The minimum Gasteiger partial charge on any atom is -0.490 e. The van der Waals surface area contributed by atoms with Crippen LogP contribution in [0, 0.1) is 11.8 Å². The van der Waals surface area contributed by atoms with Crippen molar-refractivity contribution in [2.24, 2.45) is 17.6 Å². The molecule has 2 bridgehead atoms. The predicted octanol–water partition coefficient (Wildman–Crippen LogP) is 3.20. The summed E-state index contributed by atoms with van der Waals surface area (Å²) in [6, 6.07) is 6.77. The molecule has 2 nitrogen and oxygen atoms in total. The van der Waals surface area contributed by atoms with Crippen molar-refractivity contribution in [2.45, 2.75) is 50.7 Å². The lowest BCUT2D eigenvalue weighted by Gasteiger charge is -2.23. The Labute approximate surface area is 109 Å². The van der Waals surface area contributed by atoms with E-state index in [4.69, 9.17) is 10.5 Å². The van der Waals surface area contributed by atoms with Crippen LogP contribution in [0.3, 0.4) is 0 Å². The van der Waals surface area contributed by atoms with E-state index in [1.165, 1.54) is 36.8 Å². The van der Waals surface area contributed by atoms with Gasteiger partial charge in [-0.25, -0.2) is 0 Å². The van der Waals surface area contributed by atoms with Crippen molar-refractivity contribution in [3.05, 3.63) is 29.3 Å². The highest BCUT2D eigenvalue weighted by molar-refractivity contribution is 5.40. The standard InChI is InChI=1S/C16H21NO/c17-15-6-3-11-9-13(4-5-14(11)15)18-16-8-10-1-2-12(16)7-10/h4-5,9-10,12,15-16H,1-3,6-8,17H2/t10?,12?,15-,16?/m1/s1. The molecule has 2 N–H and O–H groups in total. The van der Waals surface area contributed by atoms with Crippen molar-refractivity contribution in [3.63, 3.8) is 0 Å². The molecular formula is C16H21NO. The van der Waals surface area contributed by atoms with Gasteiger partial charge in [-0.1, -0.05) is 6.07 Å². The van der Waals surface area contributed by atoms with Gasteiger partial charge in [0.05, 0.1) is 0 Å². The molecule has 2 heteroatoms. The van der Waals surface area contributed by atoms with E-state index in [1.807, 2.05) is 0 Å². The summed E-state index contributed by atoms with van der Waals surface area (Å²) in [6.45, 7) is 0. The molecule has 3 aliphatic carbocycles. The fourth-order valence-corrected chi connectivity index (χ4v) is 4.21. The second-order valence-corrected chi connectivity index (χ2v) is 6.34. The maximum Gasteiger partial charge on any atom is 0.120 e. The summed E-state index contributed by atoms with van der Waals surface area (Å²) in [7, 11) is 0. The number of ether oxygens (including phenoxy) is 1. The van der Waals surface area contributed by atoms with Crippen LogP contribution in [-0.4, -0.2) is 6.10 Å². The number of benzene rings is 1. The van der Waals surface area contributed by atoms with Crippen molar-refractivity contribution in [1.82, 2.24) is 0 Å². The summed E-state index contributed by atoms with van der Waals surface area (Å²) in [5.74, 6) is 2.84. The van der Waals surface area contributed by atoms with E-state index >= 15 is 0 Å². The fraction of sp³-hybridized carbons (Fsp3) is 0.625. The Balaban J connectivity index is 1.52. The van der Waals surface area contributed by atoms with Crippen LogP contribution >= 0.6 is 0 Å². The van der Waals surface area contributed by atoms with Gasteiger partial charge in [-0.05, 0) is 73.6 Å². The Morgan fingerprint density at radius 1 is 1.11 bits per heavy atom. The number of rotatable bonds is 2. The van der Waals surface area contributed by atoms with E-state index in [9.17, 15) is 0 Å². The highest BCUT2D eigenvalue weighted by atomic mass is 16.5. The molecule has 2 fully saturated rings. The number of fused-ring (bicyclic) bond motifs is 3. The van der Waals surface area contributed by atoms with Crippen molar-refractivity contribution < 1.29 is 4.74 Å². The Kier molecular flexibility index (Phi) is 2.41. The normalized spacial score (nSPS) is 36.9. The van der Waals surface area contributed by atoms with Crippen LogP contribution in [0.4, 0.5) is 0 Å². The van der Waals surface area contributed by atoms with Crippen molar-refractivity contribution in [2.75, 3.05) is 0 Å². The van der Waals surface area contributed by atoms with Gasteiger partial charge in [-0.15, -0.1) is 0 Å². The van der Waals surface area contributed by atoms with Crippen LogP contribution in [0.25, 0.3) is 0 Å². The number of hydrogen-bond acceptors (Lipinski definition) is 2. The van der Waals surface area contributed by atoms with Gasteiger partial charge < -0.3 is 10.5 Å². The molecule has 0 amide bonds. The molecule has 0 aromatic heterocycles. The Bertz CT molecular complexity index is 470. The van der Waals surface area contributed by atoms with Crippen molar-refractivity contribution >= 4 is 0 Å². The van der Waals surface area contributed by atoms with E-state index in [0.29, 0.717) is 6.10 Å². The average molecular weight is 243 g/mol. The summed E-state index contributed by atoms with van der Waals surface area (Å²) < 4.78 is 6.23. The molecule has 3 aliphatic rings. The molecule has 1 aromatic carbocycles. The maximum absolute atomic E-state index is 6.23. The lowest BCUT2D eigenvalue weighted by Crippen LogP contribution is -2.23. The molecule has 0 heterocycles. The molecule has 4 atom stereocenters. The van der Waals surface area contributed by atoms with Crippen LogP contribution in [0.1, 0.15) is 49.3 Å². The van der Waals surface area contributed by atoms with Crippen molar-refractivity contribution in [1.29, 1.82) is 0 Å². The molecule has 0 aliphatic heterocycles. The van der Waals surface area contributed by atoms with Gasteiger partial charge in [0.2, 0.25) is 0 Å². The third-order valence-corrected chi connectivity index (χ3v) is 5.20. The summed E-state index contributed by atoms with van der Waals surface area (Å²) >= 11 is 0. The zero-order valence-corrected chi connectivity index (χ0v) is 10.8. The molecule has 18 heavy (non-hydrogen) atoms. The first-order valence-corrected chi connectivity index (χ1v) is 7.34. The van der Waals surface area contributed by atoms with E-state index in [0.717, 1.165) is 30.4 Å². The Morgan fingerprint density at radius 3 is 2.83 bits per heavy atom. The van der Waals surface area contributed by atoms with Gasteiger partial charge in [0, 0.05) is 6.04 Å². The molecule has 2 saturated carbocycles. The Hall–Kier alpha value is -1.02. The van der Waals surface area contributed by atoms with Gasteiger partial charge in [0.25, 0.3) is 0 Å². The molecule has 0 saturated heterocycles. The van der Waals surface area contributed by atoms with E-state index in [1.54, 1.807) is 0 Å². The van der Waals surface area contributed by atoms with Gasteiger partial charge >= 0.3 is 0 Å². The molecule has 4 rings (SSSR count). The first-order valence-electron chi connectivity index (χ1n) is 7.34. The molecule has 0 radical (unpaired) electrons. The lowest BCUT2D eigenvalue weighted by atomic mass is 9.97. The minimum atomic E-state index is 0.247. The topological polar surface area (TPSA) is 35.2 Å². The zero-order valence-electron chi connectivity index (χ0n) is 10.8. The SMILES string of the molecule is N[C@@H]1CCc2cc(OC3CC4CCC3C4)ccc21. The summed E-state index contributed by atoms with van der Waals surface area (Å²) in [5, 5.41) is 0. The van der Waals surface area contributed by atoms with Crippen LogP contribution < -0.4 is 10.5 Å². The fourth-order valence-electron chi connectivity index (χ4n) is 4.21. The molecular weight excluding hydrogens is 222 g/mol. The van der Waals surface area contributed by atoms with Gasteiger partial charge in [0.15, 0.2) is 0 Å². The van der Waals surface area contributed by atoms with Crippen LogP contribution in [-0.2, 0) is 6.42 Å². The zero-order chi connectivity index (χ0) is 12.1. The van der Waals surface area contributed by atoms with E-state index in [-0.39, 0.29) is 6.04 Å². The summed E-state index contributed by atoms with van der Waals surface area (Å²) in [6.07, 6.45) is 8.19. The maximum atomic E-state index is 6.23. The van der Waals surface area contributed by atoms with Gasteiger partial charge in [-0.3, -0.25) is 0 Å². The van der Waals surface area contributed by atoms with Gasteiger partial charge in [-0.2, -0.15) is 0 Å². The number of hydrogen-bond donors (Lipinski definition) is 1. The van der Waals surface area contributed by atoms with Crippen molar-refractivity contribution in [3.8, 4) is 5.75 Å². The quantitative estimate of drug-likeness (QED) is 0.865. The lowest BCUT2D eigenvalue weighted by molar-refractivity contribution is 0.138. The highest BCUT2D eigenvalue weighted by Crippen LogP contribution is 2.46. The summed E-state index contributed by atoms with van der Waals surface area (Å²) in [5.41, 5.74) is 8.80. The molecule has 3 unspecified atom stereocenters. The molecule has 1 aromatic rings. The Morgan fingerprint density at radius 2 is 2.06 bits per heavy atom. The van der Waals surface area contributed by atoms with Crippen LogP contribution in [0.15, 0.2) is 18.2 Å². The third kappa shape index (κ3) is 1.66. The summed E-state index contributed by atoms with van der Waals surface area (Å²) in [4.78, 5) is 0. The van der Waals surface area contributed by atoms with Crippen LogP contribution in [0.5, 0.6) is 5.75 Å². The smallest absolute Gasteiger partial charge is 0.120 e. The molecule has 96 valence electrons. The average Bonchev–Trinajstić information content (AvgIpc) is 3.06. The first kappa shape index (κ1) is 10.9. The van der Waals surface area contributed by atoms with Gasteiger partial charge in [0.1, 0.15) is 11.9 Å². The second kappa shape index (κ2) is 3.99. The van der Waals surface area contributed by atoms with E-state index in [2.05, 4.69) is 18.2 Å². The van der Waals surface area contributed by atoms with Crippen LogP contribution in [0.2, 0.25) is 0 Å². The monoisotopic (exact) mass is 243 g/mol. The largest absolute Gasteiger partial charge is 0.490 e.